The summed E-state index contributed by atoms with van der Waals surface area (Å²) in [5, 5.41) is 2.77. The van der Waals surface area contributed by atoms with Gasteiger partial charge in [-0.1, -0.05) is 18.2 Å². The summed E-state index contributed by atoms with van der Waals surface area (Å²) in [5.41, 5.74) is 4.01. The van der Waals surface area contributed by atoms with E-state index in [2.05, 4.69) is 5.32 Å². The molecule has 5 nitrogen and oxygen atoms in total. The molecule has 0 aliphatic heterocycles. The zero-order chi connectivity index (χ0) is 18.8. The normalized spacial score (nSPS) is 11.3. The maximum atomic E-state index is 12.4. The minimum absolute atomic E-state index is 0.288. The molecule has 0 saturated heterocycles. The number of benzene rings is 1. The van der Waals surface area contributed by atoms with Crippen LogP contribution in [-0.2, 0) is 9.53 Å². The molecule has 1 amide bonds. The Balaban J connectivity index is 2.19. The number of carbonyl (C=O) groups excluding carboxylic acids is 2. The van der Waals surface area contributed by atoms with E-state index in [0.717, 1.165) is 22.6 Å². The quantitative estimate of drug-likeness (QED) is 0.866. The van der Waals surface area contributed by atoms with Gasteiger partial charge >= 0.3 is 5.97 Å². The molecule has 1 heterocycles. The maximum absolute atomic E-state index is 12.4. The summed E-state index contributed by atoms with van der Waals surface area (Å²) in [5.74, 6) is -0.800. The summed E-state index contributed by atoms with van der Waals surface area (Å²) in [7, 11) is 0. The number of nitrogens with zero attached hydrogens (tertiary/aromatic N) is 1. The number of carbonyl (C=O) groups is 2. The summed E-state index contributed by atoms with van der Waals surface area (Å²) in [6.07, 6.45) is 0. The van der Waals surface area contributed by atoms with Crippen molar-refractivity contribution >= 4 is 11.9 Å². The van der Waals surface area contributed by atoms with Crippen molar-refractivity contribution in [1.82, 2.24) is 9.88 Å². The fourth-order valence-corrected chi connectivity index (χ4v) is 2.82. The second-order valence-electron chi connectivity index (χ2n) is 7.28. The van der Waals surface area contributed by atoms with E-state index in [0.29, 0.717) is 5.56 Å². The van der Waals surface area contributed by atoms with Gasteiger partial charge in [0.25, 0.3) is 5.91 Å². The molecule has 0 bridgehead atoms. The molecule has 0 aliphatic carbocycles. The molecule has 25 heavy (non-hydrogen) atoms. The fraction of sp³-hybridized carbons (Fsp3) is 0.400. The summed E-state index contributed by atoms with van der Waals surface area (Å²) in [4.78, 5) is 24.2. The highest BCUT2D eigenvalue weighted by Crippen LogP contribution is 2.23. The summed E-state index contributed by atoms with van der Waals surface area (Å²) in [6.45, 7) is 11.2. The maximum Gasteiger partial charge on any atom is 0.340 e. The molecule has 0 fully saturated rings. The van der Waals surface area contributed by atoms with Gasteiger partial charge in [0, 0.05) is 22.6 Å². The molecule has 0 unspecified atom stereocenters. The van der Waals surface area contributed by atoms with Crippen molar-refractivity contribution in [3.8, 4) is 5.69 Å². The van der Waals surface area contributed by atoms with E-state index in [1.54, 1.807) is 6.07 Å². The van der Waals surface area contributed by atoms with Crippen LogP contribution in [0.15, 0.2) is 30.3 Å². The van der Waals surface area contributed by atoms with E-state index in [-0.39, 0.29) is 18.1 Å². The number of rotatable bonds is 4. The lowest BCUT2D eigenvalue weighted by atomic mass is 10.1. The smallest absolute Gasteiger partial charge is 0.340 e. The second kappa shape index (κ2) is 7.13. The van der Waals surface area contributed by atoms with Crippen LogP contribution in [0.5, 0.6) is 0 Å². The van der Waals surface area contributed by atoms with Gasteiger partial charge in [-0.3, -0.25) is 4.79 Å². The van der Waals surface area contributed by atoms with E-state index in [1.165, 1.54) is 0 Å². The monoisotopic (exact) mass is 342 g/mol. The largest absolute Gasteiger partial charge is 0.452 e. The molecule has 0 spiro atoms. The number of amides is 1. The van der Waals surface area contributed by atoms with Crippen LogP contribution in [0.4, 0.5) is 0 Å². The van der Waals surface area contributed by atoms with Crippen molar-refractivity contribution in [3.05, 3.63) is 52.8 Å². The van der Waals surface area contributed by atoms with Gasteiger partial charge < -0.3 is 14.6 Å². The van der Waals surface area contributed by atoms with Crippen molar-refractivity contribution in [2.45, 2.75) is 47.1 Å². The highest BCUT2D eigenvalue weighted by molar-refractivity contribution is 5.93. The number of ether oxygens (including phenoxy) is 1. The van der Waals surface area contributed by atoms with E-state index < -0.39 is 5.97 Å². The van der Waals surface area contributed by atoms with E-state index >= 15 is 0 Å². The van der Waals surface area contributed by atoms with Crippen molar-refractivity contribution < 1.29 is 14.3 Å². The van der Waals surface area contributed by atoms with E-state index in [1.807, 2.05) is 70.4 Å². The summed E-state index contributed by atoms with van der Waals surface area (Å²) in [6, 6.07) is 9.79. The first-order valence-electron chi connectivity index (χ1n) is 8.33. The lowest BCUT2D eigenvalue weighted by molar-refractivity contribution is -0.125. The topological polar surface area (TPSA) is 60.3 Å². The van der Waals surface area contributed by atoms with Gasteiger partial charge in [0.15, 0.2) is 6.61 Å². The van der Waals surface area contributed by atoms with Gasteiger partial charge in [0.2, 0.25) is 0 Å². The molecule has 0 saturated carbocycles. The van der Waals surface area contributed by atoms with Gasteiger partial charge in [-0.05, 0) is 59.2 Å². The number of aromatic nitrogens is 1. The van der Waals surface area contributed by atoms with Crippen LogP contribution in [0.2, 0.25) is 0 Å². The van der Waals surface area contributed by atoms with Crippen LogP contribution < -0.4 is 5.32 Å². The fourth-order valence-electron chi connectivity index (χ4n) is 2.82. The highest BCUT2D eigenvalue weighted by atomic mass is 16.5. The third kappa shape index (κ3) is 4.50. The minimum atomic E-state index is -0.489. The number of nitrogens with one attached hydrogen (secondary N) is 1. The Morgan fingerprint density at radius 2 is 1.76 bits per heavy atom. The molecule has 134 valence electrons. The molecule has 5 heteroatoms. The Morgan fingerprint density at radius 1 is 1.12 bits per heavy atom. The van der Waals surface area contributed by atoms with Gasteiger partial charge in [-0.2, -0.15) is 0 Å². The van der Waals surface area contributed by atoms with Crippen molar-refractivity contribution in [1.29, 1.82) is 0 Å². The third-order valence-corrected chi connectivity index (χ3v) is 3.86. The van der Waals surface area contributed by atoms with Gasteiger partial charge in [-0.15, -0.1) is 0 Å². The second-order valence-corrected chi connectivity index (χ2v) is 7.28. The molecule has 1 aromatic heterocycles. The first kappa shape index (κ1) is 18.8. The average Bonchev–Trinajstić information content (AvgIpc) is 2.79. The third-order valence-electron chi connectivity index (χ3n) is 3.86. The number of esters is 1. The van der Waals surface area contributed by atoms with Crippen LogP contribution in [-0.4, -0.2) is 28.6 Å². The van der Waals surface area contributed by atoms with Crippen LogP contribution in [0.25, 0.3) is 5.69 Å². The standard InChI is InChI=1S/C20H26N2O3/c1-13-9-7-8-10-17(13)22-14(2)11-16(15(22)3)19(24)25-12-18(23)21-20(4,5)6/h7-11H,12H2,1-6H3,(H,21,23). The molecular weight excluding hydrogens is 316 g/mol. The number of hydrogen-bond acceptors (Lipinski definition) is 3. The molecule has 0 radical (unpaired) electrons. The van der Waals surface area contributed by atoms with Crippen LogP contribution >= 0.6 is 0 Å². The average molecular weight is 342 g/mol. The number of aryl methyl sites for hydroxylation is 2. The Kier molecular flexibility index (Phi) is 5.36. The lowest BCUT2D eigenvalue weighted by Crippen LogP contribution is -2.42. The Bertz CT molecular complexity index is 798. The zero-order valence-corrected chi connectivity index (χ0v) is 15.8. The minimum Gasteiger partial charge on any atom is -0.452 e. The van der Waals surface area contributed by atoms with Gasteiger partial charge in [0.1, 0.15) is 0 Å². The molecule has 0 atom stereocenters. The van der Waals surface area contributed by atoms with E-state index in [9.17, 15) is 9.59 Å². The van der Waals surface area contributed by atoms with Crippen molar-refractivity contribution in [2.75, 3.05) is 6.61 Å². The first-order valence-corrected chi connectivity index (χ1v) is 8.33. The van der Waals surface area contributed by atoms with Crippen LogP contribution in [0.1, 0.15) is 48.1 Å². The van der Waals surface area contributed by atoms with E-state index in [4.69, 9.17) is 4.74 Å². The summed E-state index contributed by atoms with van der Waals surface area (Å²) >= 11 is 0. The SMILES string of the molecule is Cc1ccccc1-n1c(C)cc(C(=O)OCC(=O)NC(C)(C)C)c1C. The van der Waals surface area contributed by atoms with Crippen molar-refractivity contribution in [2.24, 2.45) is 0 Å². The zero-order valence-electron chi connectivity index (χ0n) is 15.8. The van der Waals surface area contributed by atoms with Crippen LogP contribution in [0.3, 0.4) is 0 Å². The first-order chi connectivity index (χ1) is 11.6. The number of hydrogen-bond donors (Lipinski definition) is 1. The lowest BCUT2D eigenvalue weighted by Gasteiger charge is -2.20. The van der Waals surface area contributed by atoms with Crippen LogP contribution in [0, 0.1) is 20.8 Å². The molecule has 2 aromatic rings. The highest BCUT2D eigenvalue weighted by Gasteiger charge is 2.20. The Labute approximate surface area is 149 Å². The van der Waals surface area contributed by atoms with Crippen molar-refractivity contribution in [3.63, 3.8) is 0 Å². The molecule has 0 aliphatic rings. The molecule has 1 aromatic carbocycles. The molecule has 1 N–H and O–H groups in total. The Hall–Kier alpha value is -2.56. The van der Waals surface area contributed by atoms with Gasteiger partial charge in [0.05, 0.1) is 5.56 Å². The summed E-state index contributed by atoms with van der Waals surface area (Å²) < 4.78 is 7.22. The predicted octanol–water partition coefficient (Wildman–Crippen LogP) is 3.47. The predicted molar refractivity (Wildman–Crippen MR) is 98.2 cm³/mol. The molecule has 2 rings (SSSR count). The number of para-hydroxylation sites is 1. The molecular formula is C20H26N2O3. The van der Waals surface area contributed by atoms with Gasteiger partial charge in [-0.25, -0.2) is 4.79 Å². The Morgan fingerprint density at radius 3 is 2.36 bits per heavy atom.